The second-order valence-electron chi connectivity index (χ2n) is 5.08. The molecule has 0 saturated heterocycles. The Balaban J connectivity index is 0.00000484. The maximum absolute atomic E-state index is 13.8. The van der Waals surface area contributed by atoms with Crippen LogP contribution in [0.5, 0.6) is 0 Å². The van der Waals surface area contributed by atoms with Crippen molar-refractivity contribution in [3.05, 3.63) is 29.6 Å². The van der Waals surface area contributed by atoms with Crippen molar-refractivity contribution in [1.29, 1.82) is 0 Å². The number of carbonyl (C=O) groups is 1. The summed E-state index contributed by atoms with van der Waals surface area (Å²) < 4.78 is 36.6. The fourth-order valence-corrected chi connectivity index (χ4v) is 3.08. The molecule has 1 unspecified atom stereocenters. The van der Waals surface area contributed by atoms with Crippen molar-refractivity contribution >= 4 is 39.9 Å². The van der Waals surface area contributed by atoms with Gasteiger partial charge in [0.15, 0.2) is 9.84 Å². The van der Waals surface area contributed by atoms with Gasteiger partial charge in [0.1, 0.15) is 10.7 Å². The molecule has 2 atom stereocenters. The molecular weight excluding hydrogens is 363 g/mol. The molecule has 0 aliphatic rings. The number of amides is 1. The zero-order valence-corrected chi connectivity index (χ0v) is 15.7. The van der Waals surface area contributed by atoms with Gasteiger partial charge in [0.05, 0.1) is 12.1 Å². The predicted octanol–water partition coefficient (Wildman–Crippen LogP) is 1.91. The third kappa shape index (κ3) is 6.66. The average Bonchev–Trinajstić information content (AvgIpc) is 2.42. The van der Waals surface area contributed by atoms with Gasteiger partial charge in [0.2, 0.25) is 5.91 Å². The van der Waals surface area contributed by atoms with E-state index in [1.165, 1.54) is 12.1 Å². The fourth-order valence-electron chi connectivity index (χ4n) is 1.87. The van der Waals surface area contributed by atoms with Crippen LogP contribution < -0.4 is 11.1 Å². The number of nitrogens with two attached hydrogens (primary N) is 1. The van der Waals surface area contributed by atoms with Crippen molar-refractivity contribution in [3.63, 3.8) is 0 Å². The first-order valence-electron chi connectivity index (χ1n) is 6.71. The Bertz CT molecular complexity index is 641. The Morgan fingerprint density at radius 2 is 2.04 bits per heavy atom. The molecule has 9 heteroatoms. The van der Waals surface area contributed by atoms with Gasteiger partial charge in [-0.2, -0.15) is 11.8 Å². The quantitative estimate of drug-likeness (QED) is 0.749. The van der Waals surface area contributed by atoms with Gasteiger partial charge in [-0.1, -0.05) is 6.07 Å². The van der Waals surface area contributed by atoms with Crippen LogP contribution in [0, 0.1) is 5.82 Å². The number of benzene rings is 1. The Morgan fingerprint density at radius 3 is 2.52 bits per heavy atom. The molecule has 23 heavy (non-hydrogen) atoms. The summed E-state index contributed by atoms with van der Waals surface area (Å²) in [5.74, 6) is -0.359. The Morgan fingerprint density at radius 1 is 1.43 bits per heavy atom. The number of hydrogen-bond acceptors (Lipinski definition) is 5. The smallest absolute Gasteiger partial charge is 0.237 e. The van der Waals surface area contributed by atoms with Gasteiger partial charge in [-0.25, -0.2) is 12.8 Å². The van der Waals surface area contributed by atoms with E-state index in [1.807, 2.05) is 6.26 Å². The highest BCUT2D eigenvalue weighted by atomic mass is 35.5. The van der Waals surface area contributed by atoms with Gasteiger partial charge < -0.3 is 11.1 Å². The fraction of sp³-hybridized carbons (Fsp3) is 0.500. The molecule has 1 aromatic rings. The molecule has 132 valence electrons. The van der Waals surface area contributed by atoms with Crippen LogP contribution in [0.15, 0.2) is 23.1 Å². The monoisotopic (exact) mass is 384 g/mol. The van der Waals surface area contributed by atoms with E-state index in [1.54, 1.807) is 18.7 Å². The third-order valence-electron chi connectivity index (χ3n) is 3.18. The lowest BCUT2D eigenvalue weighted by atomic mass is 10.1. The highest BCUT2D eigenvalue weighted by Gasteiger charge is 2.19. The van der Waals surface area contributed by atoms with Crippen molar-refractivity contribution in [1.82, 2.24) is 5.32 Å². The summed E-state index contributed by atoms with van der Waals surface area (Å²) in [5.41, 5.74) is 6.24. The number of rotatable bonds is 7. The highest BCUT2D eigenvalue weighted by Crippen LogP contribution is 2.20. The minimum Gasteiger partial charge on any atom is -0.348 e. The van der Waals surface area contributed by atoms with E-state index in [-0.39, 0.29) is 23.2 Å². The number of halogens is 2. The standard InChI is InChI=1S/C14H21FN2O3S2.ClH/c1-9(17-14(18)12(16)6-7-21-2)10-4-5-13(11(15)8-10)22(3,19)20;/h4-5,8-9,12H,6-7,16H2,1-3H3,(H,17,18);1H/t9?,12-;/m0./s1. The van der Waals surface area contributed by atoms with Gasteiger partial charge in [0, 0.05) is 6.26 Å². The zero-order valence-electron chi connectivity index (χ0n) is 13.2. The predicted molar refractivity (Wildman–Crippen MR) is 94.3 cm³/mol. The molecule has 0 saturated carbocycles. The van der Waals surface area contributed by atoms with Crippen molar-refractivity contribution in [2.24, 2.45) is 5.73 Å². The number of sulfone groups is 1. The second kappa shape index (κ2) is 9.46. The van der Waals surface area contributed by atoms with Crippen molar-refractivity contribution < 1.29 is 17.6 Å². The van der Waals surface area contributed by atoms with E-state index in [9.17, 15) is 17.6 Å². The minimum atomic E-state index is -3.61. The summed E-state index contributed by atoms with van der Waals surface area (Å²) in [6, 6.07) is 2.73. The second-order valence-corrected chi connectivity index (χ2v) is 8.05. The molecular formula is C14H22ClFN2O3S2. The van der Waals surface area contributed by atoms with Gasteiger partial charge >= 0.3 is 0 Å². The number of nitrogens with one attached hydrogen (secondary N) is 1. The molecule has 3 N–H and O–H groups in total. The van der Waals surface area contributed by atoms with E-state index in [0.29, 0.717) is 12.0 Å². The van der Waals surface area contributed by atoms with E-state index < -0.39 is 27.7 Å². The van der Waals surface area contributed by atoms with Crippen LogP contribution in [0.1, 0.15) is 24.9 Å². The zero-order chi connectivity index (χ0) is 16.9. The van der Waals surface area contributed by atoms with Gasteiger partial charge in [0.25, 0.3) is 0 Å². The summed E-state index contributed by atoms with van der Waals surface area (Å²) in [4.78, 5) is 11.6. The molecule has 0 bridgehead atoms. The van der Waals surface area contributed by atoms with Crippen molar-refractivity contribution in [2.75, 3.05) is 18.3 Å². The Kier molecular flexibility index (Phi) is 9.12. The van der Waals surface area contributed by atoms with E-state index >= 15 is 0 Å². The SMILES string of the molecule is CSCC[C@H](N)C(=O)NC(C)c1ccc(S(C)(=O)=O)c(F)c1.Cl. The molecule has 0 aliphatic carbocycles. The first-order chi connectivity index (χ1) is 10.2. The van der Waals surface area contributed by atoms with E-state index in [2.05, 4.69) is 5.32 Å². The van der Waals surface area contributed by atoms with Crippen molar-refractivity contribution in [2.45, 2.75) is 30.3 Å². The molecule has 0 aliphatic heterocycles. The summed E-state index contributed by atoms with van der Waals surface area (Å²) >= 11 is 1.60. The maximum Gasteiger partial charge on any atom is 0.237 e. The lowest BCUT2D eigenvalue weighted by Crippen LogP contribution is -2.42. The molecule has 1 amide bonds. The van der Waals surface area contributed by atoms with Crippen molar-refractivity contribution in [3.8, 4) is 0 Å². The molecule has 0 aromatic heterocycles. The summed E-state index contributed by atoms with van der Waals surface area (Å²) in [5, 5.41) is 2.70. The third-order valence-corrected chi connectivity index (χ3v) is 4.96. The molecule has 0 radical (unpaired) electrons. The van der Waals surface area contributed by atoms with Crippen LogP contribution in [0.4, 0.5) is 4.39 Å². The summed E-state index contributed by atoms with van der Waals surface area (Å²) in [7, 11) is -3.61. The first-order valence-corrected chi connectivity index (χ1v) is 9.99. The molecule has 1 rings (SSSR count). The largest absolute Gasteiger partial charge is 0.348 e. The van der Waals surface area contributed by atoms with Crippen LogP contribution in [0.2, 0.25) is 0 Å². The molecule has 0 spiro atoms. The first kappa shape index (κ1) is 22.2. The lowest BCUT2D eigenvalue weighted by molar-refractivity contribution is -0.123. The average molecular weight is 385 g/mol. The van der Waals surface area contributed by atoms with E-state index in [4.69, 9.17) is 5.73 Å². The Labute approximate surface area is 146 Å². The molecule has 0 heterocycles. The molecule has 5 nitrogen and oxygen atoms in total. The normalized spacial score (nSPS) is 13.8. The maximum atomic E-state index is 13.8. The van der Waals surface area contributed by atoms with E-state index in [0.717, 1.165) is 18.1 Å². The number of thioether (sulfide) groups is 1. The van der Waals surface area contributed by atoms with Crippen LogP contribution in [-0.4, -0.2) is 38.6 Å². The lowest BCUT2D eigenvalue weighted by Gasteiger charge is -2.18. The Hall–Kier alpha value is -0.830. The van der Waals surface area contributed by atoms with Crippen LogP contribution >= 0.6 is 24.2 Å². The summed E-state index contributed by atoms with van der Waals surface area (Å²) in [6.07, 6.45) is 3.43. The molecule has 0 fully saturated rings. The molecule has 1 aromatic carbocycles. The topological polar surface area (TPSA) is 89.3 Å². The minimum absolute atomic E-state index is 0. The van der Waals surface area contributed by atoms with Gasteiger partial charge in [-0.05, 0) is 43.0 Å². The van der Waals surface area contributed by atoms with Gasteiger partial charge in [-0.15, -0.1) is 12.4 Å². The van der Waals surface area contributed by atoms with Gasteiger partial charge in [-0.3, -0.25) is 4.79 Å². The number of carbonyl (C=O) groups excluding carboxylic acids is 1. The van der Waals surface area contributed by atoms with Crippen LogP contribution in [0.3, 0.4) is 0 Å². The van der Waals surface area contributed by atoms with Crippen LogP contribution in [0.25, 0.3) is 0 Å². The highest BCUT2D eigenvalue weighted by molar-refractivity contribution is 7.98. The summed E-state index contributed by atoms with van der Waals surface area (Å²) in [6.45, 7) is 1.69. The van der Waals surface area contributed by atoms with Crippen LogP contribution in [-0.2, 0) is 14.6 Å². The number of hydrogen-bond donors (Lipinski definition) is 2.